The lowest BCUT2D eigenvalue weighted by Gasteiger charge is -2.45. The Hall–Kier alpha value is -0.520. The largest absolute Gasteiger partial charge is 0.0629 e. The lowest BCUT2D eigenvalue weighted by molar-refractivity contribution is 0.126. The Labute approximate surface area is 119 Å². The summed E-state index contributed by atoms with van der Waals surface area (Å²) in [6, 6.07) is 0. The summed E-state index contributed by atoms with van der Waals surface area (Å²) in [5, 5.41) is 0. The predicted octanol–water partition coefficient (Wildman–Crippen LogP) is 6.04. The van der Waals surface area contributed by atoms with Crippen LogP contribution in [-0.2, 0) is 0 Å². The molecular formula is C19H30. The van der Waals surface area contributed by atoms with Crippen molar-refractivity contribution in [3.8, 4) is 0 Å². The molecule has 0 bridgehead atoms. The first-order valence-corrected chi connectivity index (χ1v) is 8.54. The van der Waals surface area contributed by atoms with Crippen molar-refractivity contribution in [2.75, 3.05) is 0 Å². The van der Waals surface area contributed by atoms with Gasteiger partial charge in [0.1, 0.15) is 0 Å². The van der Waals surface area contributed by atoms with E-state index < -0.39 is 0 Å². The van der Waals surface area contributed by atoms with E-state index in [2.05, 4.69) is 26.8 Å². The van der Waals surface area contributed by atoms with Gasteiger partial charge in [-0.15, -0.1) is 0 Å². The smallest absolute Gasteiger partial charge is 0.00561 e. The molecule has 0 radical (unpaired) electrons. The molecule has 0 heterocycles. The molecule has 0 spiro atoms. The highest BCUT2D eigenvalue weighted by atomic mass is 14.5. The molecule has 0 saturated heterocycles. The van der Waals surface area contributed by atoms with Crippen LogP contribution in [0.4, 0.5) is 0 Å². The highest BCUT2D eigenvalue weighted by molar-refractivity contribution is 5.43. The van der Waals surface area contributed by atoms with Gasteiger partial charge in [0.2, 0.25) is 0 Å². The number of hydrogen-bond donors (Lipinski definition) is 0. The summed E-state index contributed by atoms with van der Waals surface area (Å²) in [5.74, 6) is 1.73. The molecule has 1 unspecified atom stereocenters. The molecule has 106 valence electrons. The zero-order valence-corrected chi connectivity index (χ0v) is 13.1. The summed E-state index contributed by atoms with van der Waals surface area (Å²) in [6.07, 6.45) is 15.4. The second-order valence-corrected chi connectivity index (χ2v) is 7.69. The quantitative estimate of drug-likeness (QED) is 0.566. The lowest BCUT2D eigenvalue weighted by atomic mass is 9.60. The highest BCUT2D eigenvalue weighted by Crippen LogP contribution is 2.54. The molecule has 3 aliphatic rings. The van der Waals surface area contributed by atoms with Gasteiger partial charge in [0, 0.05) is 0 Å². The minimum Gasteiger partial charge on any atom is -0.0629 e. The molecular weight excluding hydrogens is 228 g/mol. The van der Waals surface area contributed by atoms with E-state index in [1.807, 2.05) is 5.57 Å². The fourth-order valence-corrected chi connectivity index (χ4v) is 4.96. The number of rotatable bonds is 2. The van der Waals surface area contributed by atoms with E-state index in [0.29, 0.717) is 5.41 Å². The molecule has 0 aromatic rings. The Morgan fingerprint density at radius 2 is 1.95 bits per heavy atom. The summed E-state index contributed by atoms with van der Waals surface area (Å²) >= 11 is 0. The molecule has 3 aliphatic carbocycles. The molecule has 1 fully saturated rings. The third kappa shape index (κ3) is 2.32. The van der Waals surface area contributed by atoms with Crippen molar-refractivity contribution in [3.63, 3.8) is 0 Å². The van der Waals surface area contributed by atoms with Crippen molar-refractivity contribution in [3.05, 3.63) is 22.8 Å². The van der Waals surface area contributed by atoms with Gasteiger partial charge in [-0.2, -0.15) is 0 Å². The first-order chi connectivity index (χ1) is 9.12. The van der Waals surface area contributed by atoms with Crippen LogP contribution in [0, 0.1) is 17.3 Å². The first-order valence-electron chi connectivity index (χ1n) is 8.54. The molecule has 1 saturated carbocycles. The minimum atomic E-state index is 0.537. The Kier molecular flexibility index (Phi) is 3.62. The van der Waals surface area contributed by atoms with Crippen molar-refractivity contribution < 1.29 is 0 Å². The fourth-order valence-electron chi connectivity index (χ4n) is 4.96. The van der Waals surface area contributed by atoms with Gasteiger partial charge >= 0.3 is 0 Å². The number of allylic oxidation sites excluding steroid dienone is 4. The standard InChI is InChI=1S/C19H30/c1-14(2)19(10-6-7-15(3)13-19)18-11-16-8-4-5-9-17(16)12-18/h11,14-15H,4-10,12-13H2,1-3H3/t15-,19?/m1/s1. The van der Waals surface area contributed by atoms with Crippen molar-refractivity contribution >= 4 is 0 Å². The third-order valence-corrected chi connectivity index (χ3v) is 6.16. The van der Waals surface area contributed by atoms with Gasteiger partial charge in [0.15, 0.2) is 0 Å². The molecule has 0 amide bonds. The van der Waals surface area contributed by atoms with Gasteiger partial charge in [-0.1, -0.05) is 50.8 Å². The zero-order valence-electron chi connectivity index (χ0n) is 13.1. The predicted molar refractivity (Wildman–Crippen MR) is 83.1 cm³/mol. The van der Waals surface area contributed by atoms with E-state index >= 15 is 0 Å². The van der Waals surface area contributed by atoms with E-state index in [9.17, 15) is 0 Å². The number of hydrogen-bond acceptors (Lipinski definition) is 0. The summed E-state index contributed by atoms with van der Waals surface area (Å²) in [5.41, 5.74) is 5.90. The van der Waals surface area contributed by atoms with Gasteiger partial charge in [0.25, 0.3) is 0 Å². The molecule has 3 rings (SSSR count). The van der Waals surface area contributed by atoms with E-state index in [4.69, 9.17) is 0 Å². The van der Waals surface area contributed by atoms with Crippen LogP contribution >= 0.6 is 0 Å². The van der Waals surface area contributed by atoms with Gasteiger partial charge in [-0.25, -0.2) is 0 Å². The Morgan fingerprint density at radius 3 is 2.63 bits per heavy atom. The van der Waals surface area contributed by atoms with Crippen molar-refractivity contribution in [2.24, 2.45) is 17.3 Å². The van der Waals surface area contributed by atoms with Crippen LogP contribution in [0.2, 0.25) is 0 Å². The maximum Gasteiger partial charge on any atom is -0.00561 e. The van der Waals surface area contributed by atoms with E-state index in [1.165, 1.54) is 57.8 Å². The van der Waals surface area contributed by atoms with E-state index in [1.54, 1.807) is 11.1 Å². The molecule has 0 nitrogen and oxygen atoms in total. The average Bonchev–Trinajstić information content (AvgIpc) is 2.82. The SMILES string of the molecule is CC(C)C1(C2=CC3=C(CCCC3)C2)CCC[C@@H](C)C1. The molecule has 0 aromatic carbocycles. The second kappa shape index (κ2) is 5.11. The van der Waals surface area contributed by atoms with Crippen LogP contribution < -0.4 is 0 Å². The van der Waals surface area contributed by atoms with Gasteiger partial charge in [-0.05, 0) is 67.8 Å². The van der Waals surface area contributed by atoms with E-state index in [-0.39, 0.29) is 0 Å². The minimum absolute atomic E-state index is 0.537. The van der Waals surface area contributed by atoms with Crippen molar-refractivity contribution in [2.45, 2.75) is 78.6 Å². The topological polar surface area (TPSA) is 0 Å². The van der Waals surface area contributed by atoms with Gasteiger partial charge in [0.05, 0.1) is 0 Å². The normalized spacial score (nSPS) is 35.6. The van der Waals surface area contributed by atoms with Crippen LogP contribution in [0.5, 0.6) is 0 Å². The average molecular weight is 258 g/mol. The summed E-state index contributed by atoms with van der Waals surface area (Å²) in [4.78, 5) is 0. The summed E-state index contributed by atoms with van der Waals surface area (Å²) in [7, 11) is 0. The van der Waals surface area contributed by atoms with Crippen molar-refractivity contribution in [1.29, 1.82) is 0 Å². The third-order valence-electron chi connectivity index (χ3n) is 6.16. The molecule has 0 aromatic heterocycles. The molecule has 0 aliphatic heterocycles. The Bertz CT molecular complexity index is 410. The lowest BCUT2D eigenvalue weighted by Crippen LogP contribution is -2.34. The first kappa shape index (κ1) is 13.5. The molecule has 19 heavy (non-hydrogen) atoms. The second-order valence-electron chi connectivity index (χ2n) is 7.69. The maximum absolute atomic E-state index is 2.65. The zero-order chi connectivity index (χ0) is 13.5. The van der Waals surface area contributed by atoms with Crippen molar-refractivity contribution in [1.82, 2.24) is 0 Å². The van der Waals surface area contributed by atoms with Crippen LogP contribution in [0.15, 0.2) is 22.8 Å². The monoisotopic (exact) mass is 258 g/mol. The Balaban J connectivity index is 1.86. The van der Waals surface area contributed by atoms with E-state index in [0.717, 1.165) is 11.8 Å². The summed E-state index contributed by atoms with van der Waals surface area (Å²) < 4.78 is 0. The Morgan fingerprint density at radius 1 is 1.16 bits per heavy atom. The van der Waals surface area contributed by atoms with Gasteiger partial charge < -0.3 is 0 Å². The molecule has 0 N–H and O–H groups in total. The van der Waals surface area contributed by atoms with Crippen LogP contribution in [0.3, 0.4) is 0 Å². The maximum atomic E-state index is 2.65. The van der Waals surface area contributed by atoms with Crippen LogP contribution in [-0.4, -0.2) is 0 Å². The summed E-state index contributed by atoms with van der Waals surface area (Å²) in [6.45, 7) is 7.41. The fraction of sp³-hybridized carbons (Fsp3) is 0.789. The highest BCUT2D eigenvalue weighted by Gasteiger charge is 2.42. The molecule has 0 heteroatoms. The molecule has 2 atom stereocenters. The van der Waals surface area contributed by atoms with Gasteiger partial charge in [-0.3, -0.25) is 0 Å². The van der Waals surface area contributed by atoms with Crippen LogP contribution in [0.1, 0.15) is 78.6 Å². The van der Waals surface area contributed by atoms with Crippen LogP contribution in [0.25, 0.3) is 0 Å².